The van der Waals surface area contributed by atoms with E-state index < -0.39 is 12.2 Å². The summed E-state index contributed by atoms with van der Waals surface area (Å²) in [5.41, 5.74) is -0.0183. The van der Waals surface area contributed by atoms with Crippen LogP contribution < -0.4 is 0 Å². The highest BCUT2D eigenvalue weighted by atomic mass is 16.4. The molecule has 0 aliphatic rings. The van der Waals surface area contributed by atoms with Crippen LogP contribution in [0.4, 0.5) is 0 Å². The van der Waals surface area contributed by atoms with Crippen molar-refractivity contribution in [2.24, 2.45) is 5.41 Å². The summed E-state index contributed by atoms with van der Waals surface area (Å²) in [4.78, 5) is 0. The maximum Gasteiger partial charge on any atom is 0.103 e. The van der Waals surface area contributed by atoms with Crippen molar-refractivity contribution in [1.29, 1.82) is 0 Å². The maximum atomic E-state index is 9.24. The van der Waals surface area contributed by atoms with Crippen molar-refractivity contribution >= 4 is 0 Å². The Labute approximate surface area is 67.7 Å². The molecule has 0 fully saturated rings. The fourth-order valence-corrected chi connectivity index (χ4v) is 0.885. The predicted molar refractivity (Wildman–Crippen MR) is 43.2 cm³/mol. The molecule has 2 atom stereocenters. The van der Waals surface area contributed by atoms with Gasteiger partial charge in [-0.15, -0.1) is 0 Å². The standard InChI is InChI=1S/C8H18O3/c1-8(2,3)4-6(10)7(11)5-9/h6-7,9-11H,4-5H2,1-3H3/t6-,7-/m0/s1. The van der Waals surface area contributed by atoms with Gasteiger partial charge in [-0.1, -0.05) is 20.8 Å². The monoisotopic (exact) mass is 162 g/mol. The SMILES string of the molecule is CC(C)(C)C[C@H](O)[C@@H](O)CO. The summed E-state index contributed by atoms with van der Waals surface area (Å²) in [7, 11) is 0. The average Bonchev–Trinajstić information content (AvgIpc) is 1.82. The van der Waals surface area contributed by atoms with Gasteiger partial charge < -0.3 is 15.3 Å². The van der Waals surface area contributed by atoms with Gasteiger partial charge in [0.15, 0.2) is 0 Å². The quantitative estimate of drug-likeness (QED) is 0.553. The van der Waals surface area contributed by atoms with Crippen LogP contribution in [0.1, 0.15) is 27.2 Å². The second-order valence-corrected chi connectivity index (χ2v) is 4.08. The smallest absolute Gasteiger partial charge is 0.103 e. The van der Waals surface area contributed by atoms with Crippen LogP contribution >= 0.6 is 0 Å². The van der Waals surface area contributed by atoms with Gasteiger partial charge >= 0.3 is 0 Å². The van der Waals surface area contributed by atoms with Crippen LogP contribution in [-0.4, -0.2) is 34.1 Å². The van der Waals surface area contributed by atoms with E-state index in [1.165, 1.54) is 0 Å². The molecule has 0 aromatic carbocycles. The molecular formula is C8H18O3. The van der Waals surface area contributed by atoms with Crippen LogP contribution in [0.3, 0.4) is 0 Å². The van der Waals surface area contributed by atoms with E-state index in [4.69, 9.17) is 10.2 Å². The number of rotatable bonds is 3. The zero-order valence-corrected chi connectivity index (χ0v) is 7.41. The molecule has 3 nitrogen and oxygen atoms in total. The highest BCUT2D eigenvalue weighted by Crippen LogP contribution is 2.21. The van der Waals surface area contributed by atoms with Crippen molar-refractivity contribution in [3.8, 4) is 0 Å². The number of aliphatic hydroxyl groups excluding tert-OH is 3. The van der Waals surface area contributed by atoms with Crippen LogP contribution in [0.25, 0.3) is 0 Å². The van der Waals surface area contributed by atoms with Gasteiger partial charge in [-0.3, -0.25) is 0 Å². The molecule has 0 aliphatic heterocycles. The lowest BCUT2D eigenvalue weighted by molar-refractivity contribution is -0.0312. The van der Waals surface area contributed by atoms with Gasteiger partial charge in [0, 0.05) is 0 Å². The summed E-state index contributed by atoms with van der Waals surface area (Å²) in [6, 6.07) is 0. The first-order valence-electron chi connectivity index (χ1n) is 3.84. The Morgan fingerprint density at radius 2 is 1.55 bits per heavy atom. The van der Waals surface area contributed by atoms with E-state index in [1.807, 2.05) is 20.8 Å². The molecule has 0 saturated carbocycles. The Morgan fingerprint density at radius 1 is 1.09 bits per heavy atom. The molecule has 0 aliphatic carbocycles. The average molecular weight is 162 g/mol. The van der Waals surface area contributed by atoms with Crippen LogP contribution in [0.2, 0.25) is 0 Å². The summed E-state index contributed by atoms with van der Waals surface area (Å²) in [5, 5.41) is 26.7. The molecule has 0 aromatic rings. The molecule has 0 bridgehead atoms. The molecule has 0 unspecified atom stereocenters. The third-order valence-electron chi connectivity index (χ3n) is 1.45. The third kappa shape index (κ3) is 5.18. The predicted octanol–water partition coefficient (Wildman–Crippen LogP) is 0.137. The van der Waals surface area contributed by atoms with E-state index in [0.717, 1.165) is 0 Å². The summed E-state index contributed by atoms with van der Waals surface area (Å²) < 4.78 is 0. The van der Waals surface area contributed by atoms with Crippen molar-refractivity contribution in [1.82, 2.24) is 0 Å². The fraction of sp³-hybridized carbons (Fsp3) is 1.00. The Balaban J connectivity index is 3.77. The lowest BCUT2D eigenvalue weighted by Gasteiger charge is -2.24. The molecule has 0 heterocycles. The van der Waals surface area contributed by atoms with Gasteiger partial charge in [0.05, 0.1) is 12.7 Å². The molecule has 0 amide bonds. The minimum atomic E-state index is -1.01. The van der Waals surface area contributed by atoms with Gasteiger partial charge in [0.25, 0.3) is 0 Å². The second kappa shape index (κ2) is 4.04. The zero-order chi connectivity index (χ0) is 9.07. The summed E-state index contributed by atoms with van der Waals surface area (Å²) in [5.74, 6) is 0. The highest BCUT2D eigenvalue weighted by molar-refractivity contribution is 4.73. The Hall–Kier alpha value is -0.120. The van der Waals surface area contributed by atoms with Crippen molar-refractivity contribution in [2.45, 2.75) is 39.4 Å². The van der Waals surface area contributed by atoms with Crippen molar-refractivity contribution < 1.29 is 15.3 Å². The van der Waals surface area contributed by atoms with Gasteiger partial charge in [-0.2, -0.15) is 0 Å². The molecule has 0 radical (unpaired) electrons. The van der Waals surface area contributed by atoms with E-state index in [-0.39, 0.29) is 12.0 Å². The van der Waals surface area contributed by atoms with Gasteiger partial charge in [0.1, 0.15) is 6.10 Å². The maximum absolute atomic E-state index is 9.24. The van der Waals surface area contributed by atoms with Gasteiger partial charge in [0.2, 0.25) is 0 Å². The lowest BCUT2D eigenvalue weighted by atomic mass is 9.88. The summed E-state index contributed by atoms with van der Waals surface area (Å²) >= 11 is 0. The van der Waals surface area contributed by atoms with Crippen LogP contribution in [-0.2, 0) is 0 Å². The summed E-state index contributed by atoms with van der Waals surface area (Å²) in [6.45, 7) is 5.54. The van der Waals surface area contributed by atoms with Crippen LogP contribution in [0.5, 0.6) is 0 Å². The van der Waals surface area contributed by atoms with Gasteiger partial charge in [-0.25, -0.2) is 0 Å². The van der Waals surface area contributed by atoms with Gasteiger partial charge in [-0.05, 0) is 11.8 Å². The number of hydrogen-bond acceptors (Lipinski definition) is 3. The minimum absolute atomic E-state index is 0.0183. The third-order valence-corrected chi connectivity index (χ3v) is 1.45. The van der Waals surface area contributed by atoms with Crippen LogP contribution in [0, 0.1) is 5.41 Å². The number of hydrogen-bond donors (Lipinski definition) is 3. The molecular weight excluding hydrogens is 144 g/mol. The number of aliphatic hydroxyl groups is 3. The zero-order valence-electron chi connectivity index (χ0n) is 7.41. The topological polar surface area (TPSA) is 60.7 Å². The molecule has 0 aromatic heterocycles. The Kier molecular flexibility index (Phi) is 4.00. The van der Waals surface area contributed by atoms with E-state index >= 15 is 0 Å². The molecule has 0 spiro atoms. The fourth-order valence-electron chi connectivity index (χ4n) is 0.885. The summed E-state index contributed by atoms with van der Waals surface area (Å²) in [6.07, 6.45) is -1.33. The minimum Gasteiger partial charge on any atom is -0.394 e. The van der Waals surface area contributed by atoms with Crippen molar-refractivity contribution in [3.63, 3.8) is 0 Å². The molecule has 11 heavy (non-hydrogen) atoms. The molecule has 3 N–H and O–H groups in total. The van der Waals surface area contributed by atoms with E-state index in [1.54, 1.807) is 0 Å². The first kappa shape index (κ1) is 10.9. The normalized spacial score (nSPS) is 18.0. The highest BCUT2D eigenvalue weighted by Gasteiger charge is 2.22. The molecule has 0 saturated heterocycles. The Morgan fingerprint density at radius 3 is 1.82 bits per heavy atom. The van der Waals surface area contributed by atoms with Crippen molar-refractivity contribution in [2.75, 3.05) is 6.61 Å². The van der Waals surface area contributed by atoms with Crippen molar-refractivity contribution in [3.05, 3.63) is 0 Å². The van der Waals surface area contributed by atoms with E-state index in [2.05, 4.69) is 0 Å². The molecule has 0 rings (SSSR count). The molecule has 3 heteroatoms. The first-order valence-corrected chi connectivity index (χ1v) is 3.84. The second-order valence-electron chi connectivity index (χ2n) is 4.08. The lowest BCUT2D eigenvalue weighted by Crippen LogP contribution is -2.32. The van der Waals surface area contributed by atoms with E-state index in [0.29, 0.717) is 6.42 Å². The Bertz CT molecular complexity index is 106. The van der Waals surface area contributed by atoms with Crippen LogP contribution in [0.15, 0.2) is 0 Å². The largest absolute Gasteiger partial charge is 0.394 e. The van der Waals surface area contributed by atoms with E-state index in [9.17, 15) is 5.11 Å². The first-order chi connectivity index (χ1) is 4.87. The molecule has 68 valence electrons.